The van der Waals surface area contributed by atoms with Gasteiger partial charge in [0.2, 0.25) is 0 Å². The Morgan fingerprint density at radius 3 is 2.50 bits per heavy atom. The van der Waals surface area contributed by atoms with E-state index in [4.69, 9.17) is 4.74 Å². The molecule has 2 rings (SSSR count). The Morgan fingerprint density at radius 2 is 1.95 bits per heavy atom. The van der Waals surface area contributed by atoms with Crippen LogP contribution >= 0.6 is 0 Å². The molecule has 0 aliphatic heterocycles. The van der Waals surface area contributed by atoms with Crippen LogP contribution in [-0.4, -0.2) is 32.0 Å². The lowest BCUT2D eigenvalue weighted by molar-refractivity contribution is 0.0317. The topological polar surface area (TPSA) is 60.4 Å². The zero-order valence-electron chi connectivity index (χ0n) is 12.0. The summed E-state index contributed by atoms with van der Waals surface area (Å²) in [6, 6.07) is 5.57. The van der Waals surface area contributed by atoms with E-state index in [1.165, 1.54) is 6.26 Å². The lowest BCUT2D eigenvalue weighted by atomic mass is 10.1. The molecule has 0 saturated heterocycles. The molecule has 1 fully saturated rings. The molecular weight excluding hydrogens is 276 g/mol. The number of esters is 1. The van der Waals surface area contributed by atoms with Crippen LogP contribution in [0, 0.1) is 13.8 Å². The van der Waals surface area contributed by atoms with Crippen molar-refractivity contribution in [3.63, 3.8) is 0 Å². The molecule has 1 aliphatic rings. The number of benzene rings is 1. The predicted molar refractivity (Wildman–Crippen MR) is 77.6 cm³/mol. The van der Waals surface area contributed by atoms with Crippen LogP contribution < -0.4 is 0 Å². The first-order valence-corrected chi connectivity index (χ1v) is 8.70. The average Bonchev–Trinajstić information content (AvgIpc) is 2.76. The molecule has 1 aliphatic carbocycles. The highest BCUT2D eigenvalue weighted by Crippen LogP contribution is 2.28. The van der Waals surface area contributed by atoms with Gasteiger partial charge >= 0.3 is 5.97 Å². The van der Waals surface area contributed by atoms with Crippen LogP contribution in [-0.2, 0) is 14.6 Å². The van der Waals surface area contributed by atoms with Crippen LogP contribution in [0.15, 0.2) is 18.2 Å². The zero-order chi connectivity index (χ0) is 14.9. The maximum atomic E-state index is 12.1. The first-order chi connectivity index (χ1) is 9.27. The number of sulfone groups is 1. The van der Waals surface area contributed by atoms with Gasteiger partial charge < -0.3 is 4.74 Å². The van der Waals surface area contributed by atoms with E-state index in [2.05, 4.69) is 0 Å². The van der Waals surface area contributed by atoms with Gasteiger partial charge in [0, 0.05) is 12.7 Å². The van der Waals surface area contributed by atoms with Crippen molar-refractivity contribution in [1.82, 2.24) is 0 Å². The van der Waals surface area contributed by atoms with E-state index in [1.54, 1.807) is 6.07 Å². The molecule has 5 heteroatoms. The minimum Gasteiger partial charge on any atom is -0.459 e. The summed E-state index contributed by atoms with van der Waals surface area (Å²) in [7, 11) is -3.04. The summed E-state index contributed by atoms with van der Waals surface area (Å²) >= 11 is 0. The van der Waals surface area contributed by atoms with Crippen LogP contribution in [0.4, 0.5) is 0 Å². The van der Waals surface area contributed by atoms with E-state index < -0.39 is 9.84 Å². The number of hydrogen-bond acceptors (Lipinski definition) is 4. The maximum Gasteiger partial charge on any atom is 0.338 e. The molecule has 1 saturated carbocycles. The Labute approximate surface area is 120 Å². The van der Waals surface area contributed by atoms with Gasteiger partial charge in [0.1, 0.15) is 15.9 Å². The van der Waals surface area contributed by atoms with Gasteiger partial charge in [-0.1, -0.05) is 17.7 Å². The predicted octanol–water partition coefficient (Wildman–Crippen LogP) is 2.43. The molecule has 110 valence electrons. The molecule has 1 aromatic carbocycles. The Hall–Kier alpha value is -1.36. The molecule has 0 N–H and O–H groups in total. The molecule has 20 heavy (non-hydrogen) atoms. The number of aryl methyl sites for hydroxylation is 2. The van der Waals surface area contributed by atoms with Gasteiger partial charge in [-0.15, -0.1) is 0 Å². The number of ether oxygens (including phenoxy) is 1. The van der Waals surface area contributed by atoms with Gasteiger partial charge in [-0.25, -0.2) is 13.2 Å². The molecule has 1 aromatic rings. The molecule has 0 aromatic heterocycles. The number of carbonyl (C=O) groups is 1. The highest BCUT2D eigenvalue weighted by molar-refractivity contribution is 7.91. The van der Waals surface area contributed by atoms with E-state index in [-0.39, 0.29) is 17.3 Å². The van der Waals surface area contributed by atoms with Crippen LogP contribution in [0.2, 0.25) is 0 Å². The summed E-state index contributed by atoms with van der Waals surface area (Å²) in [5.74, 6) is -0.360. The van der Waals surface area contributed by atoms with Gasteiger partial charge in [-0.3, -0.25) is 0 Å². The lowest BCUT2D eigenvalue weighted by Crippen LogP contribution is -2.20. The van der Waals surface area contributed by atoms with Crippen LogP contribution in [0.25, 0.3) is 0 Å². The Balaban J connectivity index is 2.03. The molecule has 2 atom stereocenters. The molecule has 0 bridgehead atoms. The van der Waals surface area contributed by atoms with Crippen molar-refractivity contribution in [3.8, 4) is 0 Å². The minimum atomic E-state index is -3.04. The van der Waals surface area contributed by atoms with E-state index in [0.717, 1.165) is 11.1 Å². The quantitative estimate of drug-likeness (QED) is 0.804. The third kappa shape index (κ3) is 3.39. The monoisotopic (exact) mass is 296 g/mol. The standard InChI is InChI=1S/C15H20O4S/c1-10-4-7-14(11(2)8-10)15(16)19-12-5-6-13(9-12)20(3,17)18/h4,7-8,12-13H,5-6,9H2,1-3H3. The Kier molecular flexibility index (Phi) is 4.18. The zero-order valence-corrected chi connectivity index (χ0v) is 12.9. The second-order valence-electron chi connectivity index (χ2n) is 5.61. The SMILES string of the molecule is Cc1ccc(C(=O)OC2CCC(S(C)(=O)=O)C2)c(C)c1. The fourth-order valence-corrected chi connectivity index (χ4v) is 3.78. The van der Waals surface area contributed by atoms with Crippen molar-refractivity contribution in [3.05, 3.63) is 34.9 Å². The summed E-state index contributed by atoms with van der Waals surface area (Å²) in [5, 5.41) is -0.376. The van der Waals surface area contributed by atoms with Gasteiger partial charge in [-0.05, 0) is 38.3 Å². The average molecular weight is 296 g/mol. The fraction of sp³-hybridized carbons (Fsp3) is 0.533. The van der Waals surface area contributed by atoms with Gasteiger partial charge in [0.15, 0.2) is 0 Å². The van der Waals surface area contributed by atoms with Gasteiger partial charge in [0.25, 0.3) is 0 Å². The van der Waals surface area contributed by atoms with Gasteiger partial charge in [-0.2, -0.15) is 0 Å². The number of carbonyl (C=O) groups excluding carboxylic acids is 1. The van der Waals surface area contributed by atoms with Crippen LogP contribution in [0.3, 0.4) is 0 Å². The highest BCUT2D eigenvalue weighted by atomic mass is 32.2. The van der Waals surface area contributed by atoms with Gasteiger partial charge in [0.05, 0.1) is 10.8 Å². The molecule has 0 spiro atoms. The number of hydrogen-bond donors (Lipinski definition) is 0. The van der Waals surface area contributed by atoms with Crippen molar-refractivity contribution < 1.29 is 17.9 Å². The molecule has 4 nitrogen and oxygen atoms in total. The Bertz CT molecular complexity index is 619. The summed E-state index contributed by atoms with van der Waals surface area (Å²) in [5.41, 5.74) is 2.53. The van der Waals surface area contributed by atoms with Crippen molar-refractivity contribution >= 4 is 15.8 Å². The normalized spacial score (nSPS) is 22.8. The first kappa shape index (κ1) is 15.0. The maximum absolute atomic E-state index is 12.1. The van der Waals surface area contributed by atoms with E-state index in [9.17, 15) is 13.2 Å². The van der Waals surface area contributed by atoms with E-state index in [1.807, 2.05) is 26.0 Å². The van der Waals surface area contributed by atoms with Crippen molar-refractivity contribution in [2.24, 2.45) is 0 Å². The molecule has 2 unspecified atom stereocenters. The second kappa shape index (κ2) is 5.56. The van der Waals surface area contributed by atoms with Crippen LogP contribution in [0.1, 0.15) is 40.7 Å². The molecule has 0 radical (unpaired) electrons. The second-order valence-corrected chi connectivity index (χ2v) is 7.94. The van der Waals surface area contributed by atoms with Crippen LogP contribution in [0.5, 0.6) is 0 Å². The minimum absolute atomic E-state index is 0.289. The highest BCUT2D eigenvalue weighted by Gasteiger charge is 2.33. The smallest absolute Gasteiger partial charge is 0.338 e. The third-order valence-corrected chi connectivity index (χ3v) is 5.46. The van der Waals surface area contributed by atoms with Crippen molar-refractivity contribution in [1.29, 1.82) is 0 Å². The molecular formula is C15H20O4S. The molecule has 0 amide bonds. The third-order valence-electron chi connectivity index (χ3n) is 3.82. The summed E-state index contributed by atoms with van der Waals surface area (Å²) in [6.07, 6.45) is 2.56. The summed E-state index contributed by atoms with van der Waals surface area (Å²) in [4.78, 5) is 12.1. The first-order valence-electron chi connectivity index (χ1n) is 6.74. The molecule has 0 heterocycles. The van der Waals surface area contributed by atoms with E-state index in [0.29, 0.717) is 24.8 Å². The van der Waals surface area contributed by atoms with Crippen molar-refractivity contribution in [2.45, 2.75) is 44.5 Å². The van der Waals surface area contributed by atoms with E-state index >= 15 is 0 Å². The summed E-state index contributed by atoms with van der Waals surface area (Å²) in [6.45, 7) is 3.84. The fourth-order valence-electron chi connectivity index (χ4n) is 2.65. The number of rotatable bonds is 3. The van der Waals surface area contributed by atoms with Crippen molar-refractivity contribution in [2.75, 3.05) is 6.26 Å². The largest absolute Gasteiger partial charge is 0.459 e. The Morgan fingerprint density at radius 1 is 1.25 bits per heavy atom. The summed E-state index contributed by atoms with van der Waals surface area (Å²) < 4.78 is 28.4. The lowest BCUT2D eigenvalue weighted by Gasteiger charge is -2.13.